The summed E-state index contributed by atoms with van der Waals surface area (Å²) < 4.78 is 1.91. The van der Waals surface area contributed by atoms with Gasteiger partial charge in [-0.05, 0) is 59.7 Å². The Labute approximate surface area is 194 Å². The second-order valence-corrected chi connectivity index (χ2v) is 9.08. The number of rotatable bonds is 9. The lowest BCUT2D eigenvalue weighted by atomic mass is 10.1. The van der Waals surface area contributed by atoms with Gasteiger partial charge in [-0.2, -0.15) is 11.8 Å². The monoisotopic (exact) mass is 465 g/mol. The molecule has 2 amide bonds. The zero-order chi connectivity index (χ0) is 22.3. The minimum absolute atomic E-state index is 0.0982. The van der Waals surface area contributed by atoms with Gasteiger partial charge in [0.1, 0.15) is 0 Å². The summed E-state index contributed by atoms with van der Waals surface area (Å²) in [6.45, 7) is 0.403. The Hall–Kier alpha value is -3.17. The summed E-state index contributed by atoms with van der Waals surface area (Å²) in [5, 5.41) is 16.4. The summed E-state index contributed by atoms with van der Waals surface area (Å²) in [5.74, 6) is 1.34. The molecule has 164 valence electrons. The number of pyridine rings is 1. The van der Waals surface area contributed by atoms with Gasteiger partial charge in [0.25, 0.3) is 11.8 Å². The summed E-state index contributed by atoms with van der Waals surface area (Å²) in [4.78, 5) is 25.7. The highest BCUT2D eigenvalue weighted by molar-refractivity contribution is 7.98. The number of hydrogen-bond donors (Lipinski definition) is 2. The fourth-order valence-electron chi connectivity index (χ4n) is 3.29. The fraction of sp³-hybridized carbons (Fsp3) is 0.217. The minimum atomic E-state index is -0.253. The van der Waals surface area contributed by atoms with Gasteiger partial charge in [0.05, 0.1) is 10.9 Å². The number of thiophene rings is 1. The van der Waals surface area contributed by atoms with Crippen molar-refractivity contribution >= 4 is 40.6 Å². The molecule has 0 fully saturated rings. The maximum absolute atomic E-state index is 12.9. The summed E-state index contributed by atoms with van der Waals surface area (Å²) in [6.07, 6.45) is 4.69. The van der Waals surface area contributed by atoms with Crippen molar-refractivity contribution in [1.29, 1.82) is 0 Å². The molecule has 3 heterocycles. The highest BCUT2D eigenvalue weighted by Gasteiger charge is 2.21. The molecule has 7 nitrogen and oxygen atoms in total. The molecule has 0 aliphatic heterocycles. The SMILES string of the molecule is CSCCC(NC(=O)c1ccc(CNC(=O)c2cccs2)cc1)c1nnc2ccccn12. The smallest absolute Gasteiger partial charge is 0.261 e. The van der Waals surface area contributed by atoms with Crippen LogP contribution in [0.15, 0.2) is 66.2 Å². The van der Waals surface area contributed by atoms with E-state index in [2.05, 4.69) is 20.8 Å². The molecule has 0 saturated carbocycles. The Bertz CT molecular complexity index is 1190. The van der Waals surface area contributed by atoms with Gasteiger partial charge in [0, 0.05) is 18.3 Å². The van der Waals surface area contributed by atoms with Crippen LogP contribution in [0.2, 0.25) is 0 Å². The van der Waals surface area contributed by atoms with Crippen LogP contribution in [-0.2, 0) is 6.54 Å². The van der Waals surface area contributed by atoms with Crippen LogP contribution in [0.1, 0.15) is 43.9 Å². The van der Waals surface area contributed by atoms with E-state index in [0.29, 0.717) is 17.0 Å². The Morgan fingerprint density at radius 2 is 1.91 bits per heavy atom. The average molecular weight is 466 g/mol. The molecule has 3 aromatic heterocycles. The first-order chi connectivity index (χ1) is 15.7. The van der Waals surface area contributed by atoms with Gasteiger partial charge in [-0.25, -0.2) is 0 Å². The molecular weight excluding hydrogens is 442 g/mol. The molecule has 1 unspecified atom stereocenters. The lowest BCUT2D eigenvalue weighted by Gasteiger charge is -2.17. The number of fused-ring (bicyclic) bond motifs is 1. The van der Waals surface area contributed by atoms with Crippen molar-refractivity contribution in [2.24, 2.45) is 0 Å². The van der Waals surface area contributed by atoms with Crippen molar-refractivity contribution in [1.82, 2.24) is 25.2 Å². The largest absolute Gasteiger partial charge is 0.347 e. The summed E-state index contributed by atoms with van der Waals surface area (Å²) in [5.41, 5.74) is 2.23. The van der Waals surface area contributed by atoms with Crippen molar-refractivity contribution in [3.63, 3.8) is 0 Å². The van der Waals surface area contributed by atoms with Gasteiger partial charge in [0.2, 0.25) is 0 Å². The number of carbonyl (C=O) groups is 2. The zero-order valence-electron chi connectivity index (χ0n) is 17.5. The number of nitrogens with zero attached hydrogens (tertiary/aromatic N) is 3. The quantitative estimate of drug-likeness (QED) is 0.391. The summed E-state index contributed by atoms with van der Waals surface area (Å²) >= 11 is 3.13. The first-order valence-corrected chi connectivity index (χ1v) is 12.4. The van der Waals surface area contributed by atoms with Gasteiger partial charge in [-0.1, -0.05) is 24.3 Å². The van der Waals surface area contributed by atoms with Crippen molar-refractivity contribution in [3.8, 4) is 0 Å². The van der Waals surface area contributed by atoms with Crippen molar-refractivity contribution < 1.29 is 9.59 Å². The standard InChI is InChI=1S/C23H23N5O2S2/c1-31-14-11-18(21-27-26-20-6-2-3-12-28(20)21)25-22(29)17-9-7-16(8-10-17)15-24-23(30)19-5-4-13-32-19/h2-10,12-13,18H,11,14-15H2,1H3,(H,24,30)(H,25,29). The van der Waals surface area contributed by atoms with Crippen LogP contribution in [0.25, 0.3) is 5.65 Å². The van der Waals surface area contributed by atoms with Gasteiger partial charge in [-0.15, -0.1) is 21.5 Å². The first-order valence-electron chi connectivity index (χ1n) is 10.2. The fourth-order valence-corrected chi connectivity index (χ4v) is 4.40. The van der Waals surface area contributed by atoms with Crippen LogP contribution in [-0.4, -0.2) is 38.4 Å². The van der Waals surface area contributed by atoms with Crippen LogP contribution in [0.3, 0.4) is 0 Å². The van der Waals surface area contributed by atoms with E-state index in [9.17, 15) is 9.59 Å². The van der Waals surface area contributed by atoms with Gasteiger partial charge < -0.3 is 10.6 Å². The molecule has 2 N–H and O–H groups in total. The normalized spacial score (nSPS) is 11.9. The maximum atomic E-state index is 12.9. The van der Waals surface area contributed by atoms with E-state index in [1.165, 1.54) is 11.3 Å². The van der Waals surface area contributed by atoms with Gasteiger partial charge >= 0.3 is 0 Å². The molecule has 4 rings (SSSR count). The van der Waals surface area contributed by atoms with Gasteiger partial charge in [0.15, 0.2) is 11.5 Å². The Morgan fingerprint density at radius 1 is 1.06 bits per heavy atom. The topological polar surface area (TPSA) is 88.4 Å². The average Bonchev–Trinajstić information content (AvgIpc) is 3.51. The van der Waals surface area contributed by atoms with Crippen molar-refractivity contribution in [2.75, 3.05) is 12.0 Å². The molecule has 4 aromatic rings. The van der Waals surface area contributed by atoms with E-state index in [1.807, 2.05) is 58.6 Å². The van der Waals surface area contributed by atoms with Crippen LogP contribution in [0.4, 0.5) is 0 Å². The molecule has 1 atom stereocenters. The third kappa shape index (κ3) is 5.17. The number of nitrogens with one attached hydrogen (secondary N) is 2. The molecule has 0 spiro atoms. The van der Waals surface area contributed by atoms with Gasteiger partial charge in [-0.3, -0.25) is 14.0 Å². The zero-order valence-corrected chi connectivity index (χ0v) is 19.2. The molecule has 0 aliphatic rings. The molecule has 0 bridgehead atoms. The lowest BCUT2D eigenvalue weighted by molar-refractivity contribution is 0.0930. The Balaban J connectivity index is 1.42. The molecule has 1 aromatic carbocycles. The number of hydrogen-bond acceptors (Lipinski definition) is 6. The Morgan fingerprint density at radius 3 is 2.66 bits per heavy atom. The lowest BCUT2D eigenvalue weighted by Crippen LogP contribution is -2.30. The number of carbonyl (C=O) groups excluding carboxylic acids is 2. The van der Waals surface area contributed by atoms with Crippen molar-refractivity contribution in [2.45, 2.75) is 19.0 Å². The van der Waals surface area contributed by atoms with E-state index in [0.717, 1.165) is 29.2 Å². The maximum Gasteiger partial charge on any atom is 0.261 e. The van der Waals surface area contributed by atoms with Crippen LogP contribution in [0.5, 0.6) is 0 Å². The molecule has 0 radical (unpaired) electrons. The molecule has 32 heavy (non-hydrogen) atoms. The predicted molar refractivity (Wildman–Crippen MR) is 128 cm³/mol. The van der Waals surface area contributed by atoms with E-state index in [1.54, 1.807) is 30.0 Å². The number of aromatic nitrogens is 3. The van der Waals surface area contributed by atoms with E-state index >= 15 is 0 Å². The molecular formula is C23H23N5O2S2. The van der Waals surface area contributed by atoms with Crippen LogP contribution >= 0.6 is 23.1 Å². The summed E-state index contributed by atoms with van der Waals surface area (Å²) in [6, 6.07) is 16.4. The van der Waals surface area contributed by atoms with Crippen LogP contribution in [0, 0.1) is 0 Å². The van der Waals surface area contributed by atoms with E-state index in [-0.39, 0.29) is 17.9 Å². The second kappa shape index (κ2) is 10.4. The minimum Gasteiger partial charge on any atom is -0.347 e. The predicted octanol–water partition coefficient (Wildman–Crippen LogP) is 3.95. The number of benzene rings is 1. The molecule has 9 heteroatoms. The number of thioether (sulfide) groups is 1. The molecule has 0 aliphatic carbocycles. The second-order valence-electron chi connectivity index (χ2n) is 7.15. The molecule has 0 saturated heterocycles. The summed E-state index contributed by atoms with van der Waals surface area (Å²) in [7, 11) is 0. The Kier molecular flexibility index (Phi) is 7.18. The first kappa shape index (κ1) is 22.0. The third-order valence-electron chi connectivity index (χ3n) is 4.98. The number of amides is 2. The van der Waals surface area contributed by atoms with Crippen LogP contribution < -0.4 is 10.6 Å². The third-order valence-corrected chi connectivity index (χ3v) is 6.49. The van der Waals surface area contributed by atoms with Crippen molar-refractivity contribution in [3.05, 3.63) is 88.0 Å². The highest BCUT2D eigenvalue weighted by atomic mass is 32.2. The highest BCUT2D eigenvalue weighted by Crippen LogP contribution is 2.19. The van der Waals surface area contributed by atoms with E-state index < -0.39 is 0 Å². The van der Waals surface area contributed by atoms with E-state index in [4.69, 9.17) is 0 Å².